The van der Waals surface area contributed by atoms with Crippen LogP contribution in [0.2, 0.25) is 0 Å². The zero-order chi connectivity index (χ0) is 20.5. The molecule has 1 aliphatic rings. The topological polar surface area (TPSA) is 66.5 Å². The Kier molecular flexibility index (Phi) is 5.49. The van der Waals surface area contributed by atoms with E-state index < -0.39 is 22.1 Å². The van der Waals surface area contributed by atoms with Crippen molar-refractivity contribution in [3.63, 3.8) is 0 Å². The number of sulfonamides is 1. The Morgan fingerprint density at radius 3 is 2.43 bits per heavy atom. The van der Waals surface area contributed by atoms with Crippen LogP contribution in [0.3, 0.4) is 0 Å². The molecule has 5 nitrogen and oxygen atoms in total. The van der Waals surface area contributed by atoms with Crippen molar-refractivity contribution >= 4 is 15.9 Å². The average Bonchev–Trinajstić information content (AvgIpc) is 2.65. The Hall–Kier alpha value is -2.39. The predicted molar refractivity (Wildman–Crippen MR) is 96.8 cm³/mol. The quantitative estimate of drug-likeness (QED) is 0.840. The molecule has 9 heteroatoms. The lowest BCUT2D eigenvalue weighted by Crippen LogP contribution is -2.43. The minimum atomic E-state index is -4.95. The molecular formula is C19H19F3N2O3S. The Balaban J connectivity index is 1.77. The zero-order valence-corrected chi connectivity index (χ0v) is 15.9. The molecule has 1 aliphatic heterocycles. The second-order valence-electron chi connectivity index (χ2n) is 6.72. The molecule has 0 aliphatic carbocycles. The lowest BCUT2D eigenvalue weighted by atomic mass is 10.00. The van der Waals surface area contributed by atoms with Crippen LogP contribution in [0.4, 0.5) is 13.2 Å². The summed E-state index contributed by atoms with van der Waals surface area (Å²) in [6.07, 6.45) is -4.70. The summed E-state index contributed by atoms with van der Waals surface area (Å²) in [5.41, 5.74) is 2.99. The van der Waals surface area contributed by atoms with Gasteiger partial charge in [0.2, 0.25) is 10.0 Å². The molecule has 0 spiro atoms. The normalized spacial score (nSPS) is 14.6. The third-order valence-electron chi connectivity index (χ3n) is 4.62. The maximum atomic E-state index is 12.7. The van der Waals surface area contributed by atoms with Crippen molar-refractivity contribution in [3.05, 3.63) is 64.7 Å². The van der Waals surface area contributed by atoms with Crippen molar-refractivity contribution in [1.82, 2.24) is 9.62 Å². The van der Waals surface area contributed by atoms with Gasteiger partial charge in [0.25, 0.3) is 0 Å². The molecule has 0 saturated heterocycles. The van der Waals surface area contributed by atoms with Crippen molar-refractivity contribution in [2.24, 2.45) is 0 Å². The SMILES string of the molecule is Cc1ccc(CNS(=O)(=O)c2ccc3c(c2)CN(C(=O)C(F)(F)F)CC3)cc1. The Morgan fingerprint density at radius 2 is 1.79 bits per heavy atom. The molecule has 1 N–H and O–H groups in total. The fraction of sp³-hybridized carbons (Fsp3) is 0.316. The molecule has 0 atom stereocenters. The van der Waals surface area contributed by atoms with Gasteiger partial charge in [-0.3, -0.25) is 4.79 Å². The molecule has 0 radical (unpaired) electrons. The van der Waals surface area contributed by atoms with Gasteiger partial charge in [-0.2, -0.15) is 13.2 Å². The molecule has 1 heterocycles. The van der Waals surface area contributed by atoms with Crippen molar-refractivity contribution in [1.29, 1.82) is 0 Å². The van der Waals surface area contributed by atoms with E-state index in [1.807, 2.05) is 31.2 Å². The number of rotatable bonds is 4. The molecule has 3 rings (SSSR count). The molecule has 0 saturated carbocycles. The van der Waals surface area contributed by atoms with Crippen LogP contribution in [0.25, 0.3) is 0 Å². The monoisotopic (exact) mass is 412 g/mol. The van der Waals surface area contributed by atoms with Crippen molar-refractivity contribution < 1.29 is 26.4 Å². The summed E-state index contributed by atoms with van der Waals surface area (Å²) in [5.74, 6) is -1.91. The summed E-state index contributed by atoms with van der Waals surface area (Å²) in [6.45, 7) is 1.70. The predicted octanol–water partition coefficient (Wildman–Crippen LogP) is 2.92. The molecule has 28 heavy (non-hydrogen) atoms. The van der Waals surface area contributed by atoms with Crippen LogP contribution in [0.1, 0.15) is 22.3 Å². The van der Waals surface area contributed by atoms with E-state index in [-0.39, 0.29) is 31.0 Å². The molecule has 1 amide bonds. The summed E-state index contributed by atoms with van der Waals surface area (Å²) in [7, 11) is -3.84. The second kappa shape index (κ2) is 7.56. The lowest BCUT2D eigenvalue weighted by molar-refractivity contribution is -0.186. The highest BCUT2D eigenvalue weighted by Gasteiger charge is 2.43. The molecule has 0 fully saturated rings. The zero-order valence-electron chi connectivity index (χ0n) is 15.1. The third kappa shape index (κ3) is 4.53. The van der Waals surface area contributed by atoms with Crippen LogP contribution in [-0.4, -0.2) is 31.9 Å². The molecule has 150 valence electrons. The van der Waals surface area contributed by atoms with Gasteiger partial charge >= 0.3 is 12.1 Å². The Morgan fingerprint density at radius 1 is 1.11 bits per heavy atom. The maximum absolute atomic E-state index is 12.7. The van der Waals surface area contributed by atoms with E-state index in [1.165, 1.54) is 12.1 Å². The smallest absolute Gasteiger partial charge is 0.330 e. The standard InChI is InChI=1S/C19H19F3N2O3S/c1-13-2-4-14(5-3-13)11-23-28(26,27)17-7-6-15-8-9-24(12-16(15)10-17)18(25)19(20,21)22/h2-7,10,23H,8-9,11-12H2,1H3. The number of hydrogen-bond acceptors (Lipinski definition) is 3. The van der Waals surface area contributed by atoms with E-state index in [1.54, 1.807) is 6.07 Å². The number of carbonyl (C=O) groups is 1. The number of hydrogen-bond donors (Lipinski definition) is 1. The van der Waals surface area contributed by atoms with Gasteiger partial charge in [0.1, 0.15) is 0 Å². The number of halogens is 3. The van der Waals surface area contributed by atoms with Crippen molar-refractivity contribution in [2.75, 3.05) is 6.54 Å². The number of benzene rings is 2. The summed E-state index contributed by atoms with van der Waals surface area (Å²) >= 11 is 0. The number of alkyl halides is 3. The van der Waals surface area contributed by atoms with Crippen LogP contribution in [-0.2, 0) is 34.3 Å². The number of fused-ring (bicyclic) bond motifs is 1. The third-order valence-corrected chi connectivity index (χ3v) is 6.02. The van der Waals surface area contributed by atoms with Gasteiger partial charge in [0, 0.05) is 19.6 Å². The van der Waals surface area contributed by atoms with Gasteiger partial charge in [-0.25, -0.2) is 13.1 Å². The molecule has 2 aromatic rings. The van der Waals surface area contributed by atoms with Gasteiger partial charge < -0.3 is 4.90 Å². The summed E-state index contributed by atoms with van der Waals surface area (Å²) in [6, 6.07) is 11.7. The minimum Gasteiger partial charge on any atom is -0.330 e. The highest BCUT2D eigenvalue weighted by molar-refractivity contribution is 7.89. The largest absolute Gasteiger partial charge is 0.471 e. The number of carbonyl (C=O) groups excluding carboxylic acids is 1. The number of amides is 1. The maximum Gasteiger partial charge on any atom is 0.471 e. The van der Waals surface area contributed by atoms with Crippen LogP contribution < -0.4 is 4.72 Å². The minimum absolute atomic E-state index is 0.0420. The molecule has 2 aromatic carbocycles. The first-order valence-corrected chi connectivity index (χ1v) is 10.1. The van der Waals surface area contributed by atoms with Gasteiger partial charge in [-0.1, -0.05) is 35.9 Å². The van der Waals surface area contributed by atoms with Gasteiger partial charge in [0.05, 0.1) is 4.90 Å². The summed E-state index contributed by atoms with van der Waals surface area (Å²) in [4.78, 5) is 12.1. The first-order chi connectivity index (χ1) is 13.1. The second-order valence-corrected chi connectivity index (χ2v) is 8.48. The lowest BCUT2D eigenvalue weighted by Gasteiger charge is -2.29. The van der Waals surface area contributed by atoms with E-state index in [2.05, 4.69) is 4.72 Å². The van der Waals surface area contributed by atoms with E-state index >= 15 is 0 Å². The number of nitrogens with zero attached hydrogens (tertiary/aromatic N) is 1. The van der Waals surface area contributed by atoms with Crippen LogP contribution in [0, 0.1) is 6.92 Å². The van der Waals surface area contributed by atoms with Crippen LogP contribution >= 0.6 is 0 Å². The first-order valence-electron chi connectivity index (χ1n) is 8.59. The highest BCUT2D eigenvalue weighted by atomic mass is 32.2. The van der Waals surface area contributed by atoms with E-state index in [4.69, 9.17) is 0 Å². The van der Waals surface area contributed by atoms with Crippen molar-refractivity contribution in [3.8, 4) is 0 Å². The number of nitrogens with one attached hydrogen (secondary N) is 1. The van der Waals surface area contributed by atoms with Crippen LogP contribution in [0.15, 0.2) is 47.4 Å². The number of aryl methyl sites for hydroxylation is 1. The molecule has 0 unspecified atom stereocenters. The fourth-order valence-electron chi connectivity index (χ4n) is 3.02. The summed E-state index contributed by atoms with van der Waals surface area (Å²) in [5, 5.41) is 0. The highest BCUT2D eigenvalue weighted by Crippen LogP contribution is 2.26. The average molecular weight is 412 g/mol. The van der Waals surface area contributed by atoms with E-state index in [0.29, 0.717) is 10.5 Å². The Bertz CT molecular complexity index is 986. The van der Waals surface area contributed by atoms with Gasteiger partial charge in [-0.05, 0) is 42.2 Å². The van der Waals surface area contributed by atoms with Gasteiger partial charge in [0.15, 0.2) is 0 Å². The summed E-state index contributed by atoms with van der Waals surface area (Å²) < 4.78 is 65.6. The van der Waals surface area contributed by atoms with Gasteiger partial charge in [-0.15, -0.1) is 0 Å². The fourth-order valence-corrected chi connectivity index (χ4v) is 4.09. The molecule has 0 bridgehead atoms. The van der Waals surface area contributed by atoms with E-state index in [9.17, 15) is 26.4 Å². The molecule has 0 aromatic heterocycles. The molecular weight excluding hydrogens is 393 g/mol. The van der Waals surface area contributed by atoms with Crippen LogP contribution in [0.5, 0.6) is 0 Å². The Labute approximate surface area is 161 Å². The first kappa shape index (κ1) is 20.3. The van der Waals surface area contributed by atoms with Crippen molar-refractivity contribution in [2.45, 2.75) is 37.5 Å². The van der Waals surface area contributed by atoms with E-state index in [0.717, 1.165) is 16.7 Å².